The Morgan fingerprint density at radius 3 is 2.45 bits per heavy atom. The third-order valence-corrected chi connectivity index (χ3v) is 5.36. The number of halogens is 2. The van der Waals surface area contributed by atoms with Gasteiger partial charge in [-0.2, -0.15) is 0 Å². The van der Waals surface area contributed by atoms with Crippen molar-refractivity contribution >= 4 is 48.1 Å². The van der Waals surface area contributed by atoms with Crippen molar-refractivity contribution < 1.29 is 9.59 Å². The Balaban J connectivity index is 0.00000150. The minimum atomic E-state index is -0.250. The van der Waals surface area contributed by atoms with Crippen LogP contribution in [-0.2, 0) is 4.79 Å². The predicted octanol–water partition coefficient (Wildman–Crippen LogP) is 4.04. The molecule has 2 aliphatic rings. The summed E-state index contributed by atoms with van der Waals surface area (Å²) in [6, 6.07) is 13.5. The number of amides is 2. The first-order valence-corrected chi connectivity index (χ1v) is 9.54. The summed E-state index contributed by atoms with van der Waals surface area (Å²) in [6.45, 7) is 0. The molecule has 2 aromatic rings. The number of rotatable bonds is 5. The highest BCUT2D eigenvalue weighted by Crippen LogP contribution is 2.32. The number of fused-ring (bicyclic) bond motifs is 2. The molecule has 2 atom stereocenters. The number of nitrogens with zero attached hydrogens (tertiary/aromatic N) is 1. The fourth-order valence-corrected chi connectivity index (χ4v) is 4.18. The molecule has 2 fully saturated rings. The maximum Gasteiger partial charge on any atom is 0.256 e. The van der Waals surface area contributed by atoms with Gasteiger partial charge < -0.3 is 16.0 Å². The minimum Gasteiger partial charge on any atom is -0.326 e. The van der Waals surface area contributed by atoms with Crippen LogP contribution in [0.3, 0.4) is 0 Å². The van der Waals surface area contributed by atoms with Gasteiger partial charge in [0, 0.05) is 36.0 Å². The molecule has 1 aromatic heterocycles. The second-order valence-corrected chi connectivity index (χ2v) is 7.48. The van der Waals surface area contributed by atoms with Gasteiger partial charge in [0.15, 0.2) is 0 Å². The highest BCUT2D eigenvalue weighted by molar-refractivity contribution is 6.04. The third kappa shape index (κ3) is 6.16. The minimum absolute atomic E-state index is 0. The van der Waals surface area contributed by atoms with Crippen LogP contribution in [0, 0.1) is 5.92 Å². The van der Waals surface area contributed by atoms with Gasteiger partial charge in [0.2, 0.25) is 5.91 Å². The van der Waals surface area contributed by atoms with E-state index in [4.69, 9.17) is 0 Å². The van der Waals surface area contributed by atoms with Crippen molar-refractivity contribution in [3.8, 4) is 0 Å². The topological polar surface area (TPSA) is 83.1 Å². The molecular formula is C21H26Cl2N4O2. The van der Waals surface area contributed by atoms with Gasteiger partial charge in [-0.1, -0.05) is 12.1 Å². The Labute approximate surface area is 183 Å². The van der Waals surface area contributed by atoms with E-state index < -0.39 is 0 Å². The van der Waals surface area contributed by atoms with Crippen molar-refractivity contribution in [2.24, 2.45) is 5.92 Å². The zero-order valence-corrected chi connectivity index (χ0v) is 17.6. The number of hydrogen-bond acceptors (Lipinski definition) is 4. The Morgan fingerprint density at radius 1 is 1.00 bits per heavy atom. The lowest BCUT2D eigenvalue weighted by Crippen LogP contribution is -2.39. The lowest BCUT2D eigenvalue weighted by Gasteiger charge is -2.28. The Kier molecular flexibility index (Phi) is 8.44. The van der Waals surface area contributed by atoms with Crippen LogP contribution >= 0.6 is 24.8 Å². The lowest BCUT2D eigenvalue weighted by atomic mass is 9.89. The van der Waals surface area contributed by atoms with E-state index in [2.05, 4.69) is 20.9 Å². The molecule has 3 N–H and O–H groups in total. The molecule has 0 spiro atoms. The van der Waals surface area contributed by atoms with Crippen molar-refractivity contribution in [3.63, 3.8) is 0 Å². The summed E-state index contributed by atoms with van der Waals surface area (Å²) in [5, 5.41) is 9.30. The highest BCUT2D eigenvalue weighted by Gasteiger charge is 2.34. The number of carbonyl (C=O) groups is 2. The van der Waals surface area contributed by atoms with Crippen molar-refractivity contribution in [2.75, 3.05) is 10.6 Å². The van der Waals surface area contributed by atoms with E-state index in [0.717, 1.165) is 12.8 Å². The molecule has 3 heterocycles. The van der Waals surface area contributed by atoms with Crippen LogP contribution in [0.15, 0.2) is 48.7 Å². The molecule has 0 saturated carbocycles. The van der Waals surface area contributed by atoms with Crippen molar-refractivity contribution in [2.45, 2.75) is 44.2 Å². The van der Waals surface area contributed by atoms with Crippen LogP contribution in [0.1, 0.15) is 42.5 Å². The molecule has 1 aromatic carbocycles. The summed E-state index contributed by atoms with van der Waals surface area (Å²) in [7, 11) is 0. The molecular weight excluding hydrogens is 411 g/mol. The summed E-state index contributed by atoms with van der Waals surface area (Å²) in [4.78, 5) is 28.9. The monoisotopic (exact) mass is 436 g/mol. The van der Waals surface area contributed by atoms with Crippen LogP contribution in [0.2, 0.25) is 0 Å². The van der Waals surface area contributed by atoms with E-state index in [1.54, 1.807) is 36.5 Å². The van der Waals surface area contributed by atoms with Gasteiger partial charge in [0.05, 0.1) is 0 Å². The van der Waals surface area contributed by atoms with E-state index in [-0.39, 0.29) is 36.6 Å². The summed E-state index contributed by atoms with van der Waals surface area (Å²) in [6.07, 6.45) is 6.79. The maximum absolute atomic E-state index is 12.4. The van der Waals surface area contributed by atoms with E-state index >= 15 is 0 Å². The van der Waals surface area contributed by atoms with E-state index in [9.17, 15) is 9.59 Å². The first kappa shape index (κ1) is 23.1. The third-order valence-electron chi connectivity index (χ3n) is 5.36. The van der Waals surface area contributed by atoms with Gasteiger partial charge >= 0.3 is 0 Å². The molecule has 6 nitrogen and oxygen atoms in total. The largest absolute Gasteiger partial charge is 0.326 e. The molecule has 2 saturated heterocycles. The fourth-order valence-electron chi connectivity index (χ4n) is 4.18. The Morgan fingerprint density at radius 2 is 1.76 bits per heavy atom. The molecule has 8 heteroatoms. The van der Waals surface area contributed by atoms with Gasteiger partial charge in [0.25, 0.3) is 5.91 Å². The van der Waals surface area contributed by atoms with Gasteiger partial charge in [-0.05, 0) is 61.9 Å². The highest BCUT2D eigenvalue weighted by atomic mass is 35.5. The van der Waals surface area contributed by atoms with Crippen LogP contribution in [0.25, 0.3) is 0 Å². The number of anilines is 2. The number of piperidine rings is 1. The maximum atomic E-state index is 12.4. The lowest BCUT2D eigenvalue weighted by molar-refractivity contribution is -0.117. The summed E-state index contributed by atoms with van der Waals surface area (Å²) in [5.74, 6) is 0.708. The summed E-state index contributed by atoms with van der Waals surface area (Å²) in [5.41, 5.74) is 1.13. The molecule has 2 aliphatic heterocycles. The van der Waals surface area contributed by atoms with Gasteiger partial charge in [-0.25, -0.2) is 4.98 Å². The van der Waals surface area contributed by atoms with Crippen molar-refractivity contribution in [3.05, 3.63) is 54.2 Å². The SMILES string of the molecule is Cl.Cl.O=C(CC1CC2CCC(C1)N2)Nc1cccc(C(=O)Nc2ccccn2)c1. The van der Waals surface area contributed by atoms with Gasteiger partial charge in [-0.15, -0.1) is 24.8 Å². The number of benzene rings is 1. The molecule has 29 heavy (non-hydrogen) atoms. The van der Waals surface area contributed by atoms with Gasteiger partial charge in [-0.3, -0.25) is 9.59 Å². The van der Waals surface area contributed by atoms with Gasteiger partial charge in [0.1, 0.15) is 5.82 Å². The van der Waals surface area contributed by atoms with Crippen molar-refractivity contribution in [1.82, 2.24) is 10.3 Å². The number of pyridine rings is 1. The van der Waals surface area contributed by atoms with E-state index in [1.807, 2.05) is 12.1 Å². The van der Waals surface area contributed by atoms with Crippen LogP contribution in [0.5, 0.6) is 0 Å². The normalized spacial score (nSPS) is 22.0. The second-order valence-electron chi connectivity index (χ2n) is 7.48. The molecule has 0 radical (unpaired) electrons. The quantitative estimate of drug-likeness (QED) is 0.660. The Bertz CT molecular complexity index is 822. The smallest absolute Gasteiger partial charge is 0.256 e. The predicted molar refractivity (Wildman–Crippen MR) is 119 cm³/mol. The Hall–Kier alpha value is -2.15. The second kappa shape index (κ2) is 10.6. The first-order valence-electron chi connectivity index (χ1n) is 9.54. The summed E-state index contributed by atoms with van der Waals surface area (Å²) >= 11 is 0. The number of carbonyl (C=O) groups excluding carboxylic acids is 2. The van der Waals surface area contributed by atoms with Crippen molar-refractivity contribution in [1.29, 1.82) is 0 Å². The standard InChI is InChI=1S/C21H24N4O2.2ClH/c26-20(12-14-10-17-7-8-18(11-14)23-17)24-16-5-3-4-15(13-16)21(27)25-19-6-1-2-9-22-19;;/h1-6,9,13-14,17-18,23H,7-8,10-12H2,(H,24,26)(H,22,25,27);2*1H. The van der Waals surface area contributed by atoms with E-state index in [1.165, 1.54) is 12.8 Å². The number of aromatic nitrogens is 1. The summed E-state index contributed by atoms with van der Waals surface area (Å²) < 4.78 is 0. The molecule has 156 valence electrons. The van der Waals surface area contributed by atoms with Crippen LogP contribution in [-0.4, -0.2) is 28.9 Å². The molecule has 4 rings (SSSR count). The zero-order valence-electron chi connectivity index (χ0n) is 16.0. The zero-order chi connectivity index (χ0) is 18.6. The van der Waals surface area contributed by atoms with Crippen LogP contribution < -0.4 is 16.0 Å². The first-order chi connectivity index (χ1) is 13.2. The van der Waals surface area contributed by atoms with Crippen LogP contribution in [0.4, 0.5) is 11.5 Å². The number of hydrogen-bond donors (Lipinski definition) is 3. The average Bonchev–Trinajstić information content (AvgIpc) is 3.01. The molecule has 2 amide bonds. The molecule has 2 unspecified atom stereocenters. The molecule has 0 aliphatic carbocycles. The van der Waals surface area contributed by atoms with E-state index in [0.29, 0.717) is 41.5 Å². The average molecular weight is 437 g/mol. The fraction of sp³-hybridized carbons (Fsp3) is 0.381. The number of nitrogens with one attached hydrogen (secondary N) is 3. The molecule has 2 bridgehead atoms.